The Labute approximate surface area is 169 Å². The van der Waals surface area contributed by atoms with Crippen molar-refractivity contribution in [2.45, 2.75) is 19.3 Å². The number of aryl methyl sites for hydroxylation is 1. The van der Waals surface area contributed by atoms with Crippen molar-refractivity contribution < 1.29 is 4.79 Å². The predicted octanol–water partition coefficient (Wildman–Crippen LogP) is 4.25. The van der Waals surface area contributed by atoms with Gasteiger partial charge in [-0.1, -0.05) is 28.1 Å². The summed E-state index contributed by atoms with van der Waals surface area (Å²) < 4.78 is 1.07. The summed E-state index contributed by atoms with van der Waals surface area (Å²) in [5.41, 5.74) is 4.65. The van der Waals surface area contributed by atoms with Gasteiger partial charge >= 0.3 is 0 Å². The van der Waals surface area contributed by atoms with E-state index in [0.717, 1.165) is 42.8 Å². The molecule has 142 valence electrons. The third-order valence-electron chi connectivity index (χ3n) is 5.73. The van der Waals surface area contributed by atoms with Gasteiger partial charge in [-0.3, -0.25) is 4.79 Å². The summed E-state index contributed by atoms with van der Waals surface area (Å²) in [5, 5.41) is 3.12. The van der Waals surface area contributed by atoms with E-state index in [-0.39, 0.29) is 11.8 Å². The number of anilines is 2. The van der Waals surface area contributed by atoms with Gasteiger partial charge in [-0.05, 0) is 67.8 Å². The van der Waals surface area contributed by atoms with Crippen LogP contribution < -0.4 is 10.2 Å². The van der Waals surface area contributed by atoms with Crippen LogP contribution in [0.4, 0.5) is 11.4 Å². The summed E-state index contributed by atoms with van der Waals surface area (Å²) in [6.07, 6.45) is 0.936. The normalized spacial score (nSPS) is 22.6. The third-order valence-corrected chi connectivity index (χ3v) is 6.26. The fourth-order valence-electron chi connectivity index (χ4n) is 3.93. The molecule has 5 heteroatoms. The van der Waals surface area contributed by atoms with E-state index in [1.54, 1.807) is 0 Å². The van der Waals surface area contributed by atoms with E-state index in [4.69, 9.17) is 0 Å². The summed E-state index contributed by atoms with van der Waals surface area (Å²) in [5.74, 6) is 0.572. The van der Waals surface area contributed by atoms with Gasteiger partial charge in [0.1, 0.15) is 0 Å². The van der Waals surface area contributed by atoms with Gasteiger partial charge in [0.15, 0.2) is 0 Å². The van der Waals surface area contributed by atoms with Crippen molar-refractivity contribution in [3.63, 3.8) is 0 Å². The lowest BCUT2D eigenvalue weighted by Crippen LogP contribution is -2.44. The first-order chi connectivity index (χ1) is 13.0. The Balaban J connectivity index is 1.38. The van der Waals surface area contributed by atoms with E-state index in [1.165, 1.54) is 16.8 Å². The first kappa shape index (κ1) is 18.5. The fourth-order valence-corrected chi connectivity index (χ4v) is 4.20. The highest BCUT2D eigenvalue weighted by atomic mass is 79.9. The van der Waals surface area contributed by atoms with Gasteiger partial charge in [0, 0.05) is 47.9 Å². The van der Waals surface area contributed by atoms with Crippen LogP contribution in [0.25, 0.3) is 0 Å². The predicted molar refractivity (Wildman–Crippen MR) is 115 cm³/mol. The number of halogens is 1. The minimum atomic E-state index is 0.0868. The Hall–Kier alpha value is -1.85. The van der Waals surface area contributed by atoms with E-state index >= 15 is 0 Å². The molecule has 1 amide bonds. The molecule has 1 N–H and O–H groups in total. The minimum Gasteiger partial charge on any atom is -0.369 e. The van der Waals surface area contributed by atoms with Crippen molar-refractivity contribution in [2.24, 2.45) is 5.92 Å². The maximum absolute atomic E-state index is 12.6. The second kappa shape index (κ2) is 7.64. The molecule has 4 nitrogen and oxygen atoms in total. The fraction of sp³-hybridized carbons (Fsp3) is 0.409. The molecule has 2 atom stereocenters. The van der Waals surface area contributed by atoms with Crippen LogP contribution in [-0.4, -0.2) is 44.0 Å². The topological polar surface area (TPSA) is 35.6 Å². The lowest BCUT2D eigenvalue weighted by Gasteiger charge is -2.35. The van der Waals surface area contributed by atoms with Crippen molar-refractivity contribution in [2.75, 3.05) is 43.4 Å². The van der Waals surface area contributed by atoms with Crippen LogP contribution >= 0.6 is 15.9 Å². The number of benzene rings is 2. The van der Waals surface area contributed by atoms with Gasteiger partial charge < -0.3 is 15.1 Å². The van der Waals surface area contributed by atoms with Crippen molar-refractivity contribution >= 4 is 33.2 Å². The average molecular weight is 428 g/mol. The van der Waals surface area contributed by atoms with Gasteiger partial charge in [0.05, 0.1) is 0 Å². The molecule has 2 unspecified atom stereocenters. The number of rotatable bonds is 4. The van der Waals surface area contributed by atoms with E-state index < -0.39 is 0 Å². The molecular formula is C22H26BrN3O. The van der Waals surface area contributed by atoms with Crippen molar-refractivity contribution in [3.05, 3.63) is 58.1 Å². The molecule has 1 heterocycles. The molecule has 2 aromatic rings. The zero-order valence-corrected chi connectivity index (χ0v) is 17.5. The average Bonchev–Trinajstić information content (AvgIpc) is 3.44. The molecule has 4 rings (SSSR count). The zero-order chi connectivity index (χ0) is 19.0. The van der Waals surface area contributed by atoms with E-state index in [2.05, 4.69) is 69.3 Å². The SMILES string of the molecule is Cc1cc(NC(=O)C2CC2c2ccc(Br)cc2)ccc1N1CCN(C)CC1. The molecule has 2 aromatic carbocycles. The maximum atomic E-state index is 12.6. The minimum absolute atomic E-state index is 0.0868. The number of carbonyl (C=O) groups is 1. The number of hydrogen-bond donors (Lipinski definition) is 1. The van der Waals surface area contributed by atoms with Crippen LogP contribution in [-0.2, 0) is 4.79 Å². The highest BCUT2D eigenvalue weighted by Gasteiger charge is 2.43. The number of nitrogens with zero attached hydrogens (tertiary/aromatic N) is 2. The monoisotopic (exact) mass is 427 g/mol. The van der Waals surface area contributed by atoms with Gasteiger partial charge in [0.25, 0.3) is 0 Å². The molecule has 27 heavy (non-hydrogen) atoms. The smallest absolute Gasteiger partial charge is 0.228 e. The first-order valence-electron chi connectivity index (χ1n) is 9.62. The highest BCUT2D eigenvalue weighted by molar-refractivity contribution is 9.10. The van der Waals surface area contributed by atoms with E-state index in [0.29, 0.717) is 5.92 Å². The van der Waals surface area contributed by atoms with Crippen LogP contribution in [0.5, 0.6) is 0 Å². The van der Waals surface area contributed by atoms with Crippen LogP contribution in [0.2, 0.25) is 0 Å². The van der Waals surface area contributed by atoms with Gasteiger partial charge in [0.2, 0.25) is 5.91 Å². The summed E-state index contributed by atoms with van der Waals surface area (Å²) in [6, 6.07) is 14.6. The standard InChI is InChI=1S/C22H26BrN3O/c1-15-13-18(7-8-21(15)26-11-9-25(2)10-12-26)24-22(27)20-14-19(20)16-3-5-17(23)6-4-16/h3-8,13,19-20H,9-12,14H2,1-2H3,(H,24,27). The van der Waals surface area contributed by atoms with Crippen LogP contribution in [0.3, 0.4) is 0 Å². The summed E-state index contributed by atoms with van der Waals surface area (Å²) in [7, 11) is 2.17. The molecular weight excluding hydrogens is 402 g/mol. The van der Waals surface area contributed by atoms with Crippen LogP contribution in [0.15, 0.2) is 46.9 Å². The molecule has 0 aromatic heterocycles. The van der Waals surface area contributed by atoms with Gasteiger partial charge in [-0.2, -0.15) is 0 Å². The Morgan fingerprint density at radius 1 is 1.07 bits per heavy atom. The molecule has 2 aliphatic rings. The molecule has 0 bridgehead atoms. The molecule has 1 saturated heterocycles. The summed E-state index contributed by atoms with van der Waals surface area (Å²) >= 11 is 3.46. The van der Waals surface area contributed by atoms with E-state index in [9.17, 15) is 4.79 Å². The lowest BCUT2D eigenvalue weighted by molar-refractivity contribution is -0.117. The quantitative estimate of drug-likeness (QED) is 0.791. The Morgan fingerprint density at radius 3 is 2.44 bits per heavy atom. The molecule has 0 spiro atoms. The van der Waals surface area contributed by atoms with Crippen LogP contribution in [0.1, 0.15) is 23.5 Å². The lowest BCUT2D eigenvalue weighted by atomic mass is 10.1. The highest BCUT2D eigenvalue weighted by Crippen LogP contribution is 2.48. The maximum Gasteiger partial charge on any atom is 0.228 e. The number of likely N-dealkylation sites (N-methyl/N-ethyl adjacent to an activating group) is 1. The number of hydrogen-bond acceptors (Lipinski definition) is 3. The summed E-state index contributed by atoms with van der Waals surface area (Å²) in [6.45, 7) is 6.43. The number of carbonyl (C=O) groups excluding carboxylic acids is 1. The van der Waals surface area contributed by atoms with Crippen LogP contribution in [0, 0.1) is 12.8 Å². The Bertz CT molecular complexity index is 828. The Kier molecular flexibility index (Phi) is 5.24. The molecule has 2 fully saturated rings. The van der Waals surface area contributed by atoms with Gasteiger partial charge in [-0.15, -0.1) is 0 Å². The van der Waals surface area contributed by atoms with Crippen molar-refractivity contribution in [1.29, 1.82) is 0 Å². The van der Waals surface area contributed by atoms with E-state index in [1.807, 2.05) is 18.2 Å². The molecule has 1 saturated carbocycles. The summed E-state index contributed by atoms with van der Waals surface area (Å²) in [4.78, 5) is 17.4. The third kappa shape index (κ3) is 4.19. The first-order valence-corrected chi connectivity index (χ1v) is 10.4. The number of piperazine rings is 1. The van der Waals surface area contributed by atoms with Gasteiger partial charge in [-0.25, -0.2) is 0 Å². The second-order valence-corrected chi connectivity index (χ2v) is 8.70. The Morgan fingerprint density at radius 2 is 1.78 bits per heavy atom. The molecule has 1 aliphatic heterocycles. The van der Waals surface area contributed by atoms with Crippen molar-refractivity contribution in [3.8, 4) is 0 Å². The van der Waals surface area contributed by atoms with Crippen molar-refractivity contribution in [1.82, 2.24) is 4.90 Å². The molecule has 0 radical (unpaired) electrons. The zero-order valence-electron chi connectivity index (χ0n) is 15.9. The molecule has 1 aliphatic carbocycles. The second-order valence-electron chi connectivity index (χ2n) is 7.78. The largest absolute Gasteiger partial charge is 0.369 e. The number of nitrogens with one attached hydrogen (secondary N) is 1. The number of amides is 1.